The molecular weight excluding hydrogens is 168 g/mol. The van der Waals surface area contributed by atoms with Crippen LogP contribution in [0, 0.1) is 0 Å². The molecule has 0 saturated heterocycles. The summed E-state index contributed by atoms with van der Waals surface area (Å²) in [5.74, 6) is 2.04. The molecular formula is C10H10OS. The summed E-state index contributed by atoms with van der Waals surface area (Å²) in [6.45, 7) is 2.09. The first kappa shape index (κ1) is 7.62. The molecule has 12 heavy (non-hydrogen) atoms. The molecule has 2 heteroatoms. The highest BCUT2D eigenvalue weighted by molar-refractivity contribution is 7.13. The number of aryl methyl sites for hydroxylation is 1. The van der Waals surface area contributed by atoms with E-state index in [9.17, 15) is 0 Å². The van der Waals surface area contributed by atoms with E-state index in [1.165, 1.54) is 4.88 Å². The molecule has 0 atom stereocenters. The van der Waals surface area contributed by atoms with E-state index in [0.717, 1.165) is 17.9 Å². The summed E-state index contributed by atoms with van der Waals surface area (Å²) in [4.78, 5) is 1.20. The fraction of sp³-hybridized carbons (Fsp3) is 0.200. The largest absolute Gasteiger partial charge is 0.460 e. The van der Waals surface area contributed by atoms with Gasteiger partial charge in [0.25, 0.3) is 0 Å². The Balaban J connectivity index is 2.35. The Bertz CT molecular complexity index is 346. The maximum absolute atomic E-state index is 5.59. The van der Waals surface area contributed by atoms with Crippen LogP contribution in [0.3, 0.4) is 0 Å². The lowest BCUT2D eigenvalue weighted by Crippen LogP contribution is -1.68. The second kappa shape index (κ2) is 3.15. The number of hydrogen-bond acceptors (Lipinski definition) is 2. The van der Waals surface area contributed by atoms with Crippen molar-refractivity contribution in [3.05, 3.63) is 35.4 Å². The van der Waals surface area contributed by atoms with Crippen molar-refractivity contribution in [1.29, 1.82) is 0 Å². The Morgan fingerprint density at radius 1 is 1.33 bits per heavy atom. The van der Waals surface area contributed by atoms with Crippen LogP contribution in [0.25, 0.3) is 10.6 Å². The van der Waals surface area contributed by atoms with Crippen LogP contribution in [-0.2, 0) is 6.42 Å². The molecule has 2 aromatic rings. The molecule has 0 aliphatic rings. The van der Waals surface area contributed by atoms with Crippen molar-refractivity contribution in [2.75, 3.05) is 0 Å². The van der Waals surface area contributed by atoms with Crippen molar-refractivity contribution in [3.63, 3.8) is 0 Å². The van der Waals surface area contributed by atoms with Gasteiger partial charge in [0.15, 0.2) is 0 Å². The highest BCUT2D eigenvalue weighted by atomic mass is 32.1. The van der Waals surface area contributed by atoms with Gasteiger partial charge in [0.05, 0.1) is 4.88 Å². The van der Waals surface area contributed by atoms with Crippen LogP contribution in [0.5, 0.6) is 0 Å². The van der Waals surface area contributed by atoms with Crippen LogP contribution in [0.1, 0.15) is 12.7 Å². The van der Waals surface area contributed by atoms with Crippen molar-refractivity contribution >= 4 is 11.3 Å². The lowest BCUT2D eigenvalue weighted by molar-refractivity contribution is 0.530. The fourth-order valence-electron chi connectivity index (χ4n) is 1.12. The quantitative estimate of drug-likeness (QED) is 0.685. The summed E-state index contributed by atoms with van der Waals surface area (Å²) >= 11 is 1.71. The van der Waals surface area contributed by atoms with Crippen LogP contribution < -0.4 is 0 Å². The predicted molar refractivity (Wildman–Crippen MR) is 51.4 cm³/mol. The third-order valence-electron chi connectivity index (χ3n) is 1.77. The smallest absolute Gasteiger partial charge is 0.144 e. The van der Waals surface area contributed by atoms with Crippen molar-refractivity contribution in [2.24, 2.45) is 0 Å². The molecule has 0 fully saturated rings. The molecule has 0 amide bonds. The minimum absolute atomic E-state index is 0.964. The molecule has 2 rings (SSSR count). The van der Waals surface area contributed by atoms with Crippen molar-refractivity contribution in [1.82, 2.24) is 0 Å². The highest BCUT2D eigenvalue weighted by Gasteiger charge is 2.02. The van der Waals surface area contributed by atoms with E-state index in [-0.39, 0.29) is 0 Å². The van der Waals surface area contributed by atoms with E-state index in [4.69, 9.17) is 4.42 Å². The maximum Gasteiger partial charge on any atom is 0.144 e. The van der Waals surface area contributed by atoms with Gasteiger partial charge in [-0.15, -0.1) is 11.3 Å². The van der Waals surface area contributed by atoms with Gasteiger partial charge in [-0.3, -0.25) is 0 Å². The van der Waals surface area contributed by atoms with Gasteiger partial charge in [-0.1, -0.05) is 13.0 Å². The monoisotopic (exact) mass is 178 g/mol. The van der Waals surface area contributed by atoms with E-state index in [2.05, 4.69) is 18.4 Å². The zero-order valence-corrected chi connectivity index (χ0v) is 7.73. The third kappa shape index (κ3) is 1.30. The Hall–Kier alpha value is -1.02. The molecule has 62 valence electrons. The fourth-order valence-corrected chi connectivity index (χ4v) is 1.81. The molecule has 0 N–H and O–H groups in total. The Morgan fingerprint density at radius 3 is 2.83 bits per heavy atom. The van der Waals surface area contributed by atoms with Gasteiger partial charge in [-0.2, -0.15) is 0 Å². The standard InChI is InChI=1S/C10H10OS/c1-2-8-5-6-9(11-8)10-4-3-7-12-10/h3-7H,2H2,1H3. The minimum atomic E-state index is 0.964. The molecule has 0 spiro atoms. The van der Waals surface area contributed by atoms with Gasteiger partial charge in [0.2, 0.25) is 0 Å². The van der Waals surface area contributed by atoms with Crippen molar-refractivity contribution < 1.29 is 4.42 Å². The molecule has 0 unspecified atom stereocenters. The first-order valence-electron chi connectivity index (χ1n) is 4.02. The van der Waals surface area contributed by atoms with Gasteiger partial charge >= 0.3 is 0 Å². The number of furan rings is 1. The normalized spacial score (nSPS) is 10.4. The molecule has 0 aliphatic heterocycles. The molecule has 1 nitrogen and oxygen atoms in total. The van der Waals surface area contributed by atoms with E-state index >= 15 is 0 Å². The van der Waals surface area contributed by atoms with E-state index in [0.29, 0.717) is 0 Å². The van der Waals surface area contributed by atoms with Crippen LogP contribution >= 0.6 is 11.3 Å². The molecule has 0 bridgehead atoms. The van der Waals surface area contributed by atoms with Gasteiger partial charge < -0.3 is 4.42 Å². The zero-order chi connectivity index (χ0) is 8.39. The SMILES string of the molecule is CCc1ccc(-c2cccs2)o1. The Morgan fingerprint density at radius 2 is 2.25 bits per heavy atom. The number of hydrogen-bond donors (Lipinski definition) is 0. The summed E-state index contributed by atoms with van der Waals surface area (Å²) in [7, 11) is 0. The summed E-state index contributed by atoms with van der Waals surface area (Å²) in [5.41, 5.74) is 0. The Labute approximate surface area is 75.7 Å². The number of rotatable bonds is 2. The second-order valence-corrected chi connectivity index (χ2v) is 3.54. The molecule has 0 saturated carbocycles. The summed E-state index contributed by atoms with van der Waals surface area (Å²) in [6.07, 6.45) is 0.964. The molecule has 2 aromatic heterocycles. The molecule has 2 heterocycles. The summed E-state index contributed by atoms with van der Waals surface area (Å²) in [5, 5.41) is 2.06. The van der Waals surface area contributed by atoms with Crippen molar-refractivity contribution in [3.8, 4) is 10.6 Å². The van der Waals surface area contributed by atoms with Crippen LogP contribution in [0.4, 0.5) is 0 Å². The number of thiophene rings is 1. The van der Waals surface area contributed by atoms with E-state index in [1.54, 1.807) is 11.3 Å². The summed E-state index contributed by atoms with van der Waals surface area (Å²) < 4.78 is 5.59. The minimum Gasteiger partial charge on any atom is -0.460 e. The first-order chi connectivity index (χ1) is 5.90. The average molecular weight is 178 g/mol. The van der Waals surface area contributed by atoms with Crippen LogP contribution in [0.15, 0.2) is 34.1 Å². The van der Waals surface area contributed by atoms with E-state index in [1.807, 2.05) is 18.2 Å². The molecule has 0 aromatic carbocycles. The zero-order valence-electron chi connectivity index (χ0n) is 6.91. The van der Waals surface area contributed by atoms with Gasteiger partial charge in [0, 0.05) is 6.42 Å². The highest BCUT2D eigenvalue weighted by Crippen LogP contribution is 2.26. The third-order valence-corrected chi connectivity index (χ3v) is 2.66. The molecule has 0 radical (unpaired) electrons. The van der Waals surface area contributed by atoms with Gasteiger partial charge in [-0.05, 0) is 23.6 Å². The first-order valence-corrected chi connectivity index (χ1v) is 4.90. The van der Waals surface area contributed by atoms with Crippen LogP contribution in [-0.4, -0.2) is 0 Å². The second-order valence-electron chi connectivity index (χ2n) is 2.60. The summed E-state index contributed by atoms with van der Waals surface area (Å²) in [6, 6.07) is 8.18. The lowest BCUT2D eigenvalue weighted by Gasteiger charge is -1.89. The average Bonchev–Trinajstić information content (AvgIpc) is 2.75. The van der Waals surface area contributed by atoms with Crippen molar-refractivity contribution in [2.45, 2.75) is 13.3 Å². The Kier molecular flexibility index (Phi) is 2.00. The molecule has 0 aliphatic carbocycles. The predicted octanol–water partition coefficient (Wildman–Crippen LogP) is 3.57. The van der Waals surface area contributed by atoms with Crippen LogP contribution in [0.2, 0.25) is 0 Å². The lowest BCUT2D eigenvalue weighted by atomic mass is 10.3. The topological polar surface area (TPSA) is 13.1 Å². The van der Waals surface area contributed by atoms with Gasteiger partial charge in [0.1, 0.15) is 11.5 Å². The van der Waals surface area contributed by atoms with Gasteiger partial charge in [-0.25, -0.2) is 0 Å². The maximum atomic E-state index is 5.59. The van der Waals surface area contributed by atoms with E-state index < -0.39 is 0 Å².